The molecule has 0 aliphatic heterocycles. The van der Waals surface area contributed by atoms with Crippen LogP contribution in [0.25, 0.3) is 10.9 Å². The summed E-state index contributed by atoms with van der Waals surface area (Å²) in [5.41, 5.74) is 2.10. The summed E-state index contributed by atoms with van der Waals surface area (Å²) < 4.78 is 0. The quantitative estimate of drug-likeness (QED) is 0.769. The normalized spacial score (nSPS) is 10.6. The topological polar surface area (TPSA) is 62.2 Å². The lowest BCUT2D eigenvalue weighted by molar-refractivity contribution is -0.136. The van der Waals surface area contributed by atoms with E-state index in [-0.39, 0.29) is 6.42 Å². The predicted octanol–water partition coefficient (Wildman–Crippen LogP) is 1.80. The van der Waals surface area contributed by atoms with E-state index in [0.717, 1.165) is 16.5 Å². The average Bonchev–Trinajstić information content (AvgIpc) is 2.34. The number of hydrogen-bond acceptors (Lipinski definition) is 3. The zero-order chi connectivity index (χ0) is 12.1. The summed E-state index contributed by atoms with van der Waals surface area (Å²) >= 11 is 0. The number of aromatic nitrogens is 1. The Bertz CT molecular complexity index is 520. The van der Waals surface area contributed by atoms with Gasteiger partial charge in [0.25, 0.3) is 0 Å². The summed E-state index contributed by atoms with van der Waals surface area (Å²) in [4.78, 5) is 14.6. The number of carboxylic acids is 1. The van der Waals surface area contributed by atoms with Gasteiger partial charge in [-0.3, -0.25) is 9.78 Å². The maximum atomic E-state index is 10.4. The maximum Gasteiger partial charge on any atom is 0.304 e. The van der Waals surface area contributed by atoms with Crippen molar-refractivity contribution in [1.29, 1.82) is 0 Å². The number of carboxylic acid groups (broad SMARTS) is 1. The monoisotopic (exact) mass is 230 g/mol. The van der Waals surface area contributed by atoms with Crippen LogP contribution in [-0.2, 0) is 11.3 Å². The minimum atomic E-state index is -0.780. The van der Waals surface area contributed by atoms with Crippen LogP contribution in [0.15, 0.2) is 36.5 Å². The van der Waals surface area contributed by atoms with Crippen molar-refractivity contribution < 1.29 is 9.90 Å². The van der Waals surface area contributed by atoms with E-state index < -0.39 is 5.97 Å². The summed E-state index contributed by atoms with van der Waals surface area (Å²) in [7, 11) is 0. The molecule has 0 spiro atoms. The number of nitrogens with zero attached hydrogens (tertiary/aromatic N) is 1. The molecule has 2 rings (SSSR count). The molecule has 88 valence electrons. The van der Waals surface area contributed by atoms with Gasteiger partial charge in [0.1, 0.15) is 0 Å². The van der Waals surface area contributed by atoms with E-state index in [1.165, 1.54) is 0 Å². The fourth-order valence-electron chi connectivity index (χ4n) is 1.73. The van der Waals surface area contributed by atoms with Gasteiger partial charge in [-0.05, 0) is 17.7 Å². The van der Waals surface area contributed by atoms with E-state index in [9.17, 15) is 4.79 Å². The standard InChI is InChI=1S/C13H14N2O2/c16-13(17)6-7-14-9-10-5-8-15-12-4-2-1-3-11(10)12/h1-5,8,14H,6-7,9H2,(H,16,17). The molecule has 2 aromatic rings. The smallest absolute Gasteiger partial charge is 0.304 e. The van der Waals surface area contributed by atoms with Crippen LogP contribution in [0, 0.1) is 0 Å². The molecule has 2 N–H and O–H groups in total. The van der Waals surface area contributed by atoms with E-state index in [1.54, 1.807) is 6.20 Å². The lowest BCUT2D eigenvalue weighted by atomic mass is 10.1. The Morgan fingerprint density at radius 1 is 1.29 bits per heavy atom. The van der Waals surface area contributed by atoms with Crippen molar-refractivity contribution in [2.45, 2.75) is 13.0 Å². The van der Waals surface area contributed by atoms with Gasteiger partial charge in [0, 0.05) is 24.7 Å². The van der Waals surface area contributed by atoms with Gasteiger partial charge in [0.2, 0.25) is 0 Å². The van der Waals surface area contributed by atoms with E-state index in [2.05, 4.69) is 10.3 Å². The first-order valence-electron chi connectivity index (χ1n) is 5.52. The number of hydrogen-bond donors (Lipinski definition) is 2. The molecule has 4 nitrogen and oxygen atoms in total. The highest BCUT2D eigenvalue weighted by Crippen LogP contribution is 2.15. The molecular formula is C13H14N2O2. The van der Waals surface area contributed by atoms with Gasteiger partial charge in [-0.15, -0.1) is 0 Å². The lowest BCUT2D eigenvalue weighted by Crippen LogP contribution is -2.17. The molecule has 0 saturated heterocycles. The van der Waals surface area contributed by atoms with Crippen molar-refractivity contribution in [3.63, 3.8) is 0 Å². The minimum Gasteiger partial charge on any atom is -0.481 e. The number of carbonyl (C=O) groups is 1. The molecule has 4 heteroatoms. The number of nitrogens with one attached hydrogen (secondary N) is 1. The van der Waals surface area contributed by atoms with Crippen LogP contribution in [0.5, 0.6) is 0 Å². The summed E-state index contributed by atoms with van der Waals surface area (Å²) in [6, 6.07) is 9.88. The highest BCUT2D eigenvalue weighted by atomic mass is 16.4. The average molecular weight is 230 g/mol. The van der Waals surface area contributed by atoms with Crippen LogP contribution in [0.3, 0.4) is 0 Å². The number of rotatable bonds is 5. The first-order valence-corrected chi connectivity index (χ1v) is 5.52. The Morgan fingerprint density at radius 2 is 2.12 bits per heavy atom. The summed E-state index contributed by atoms with van der Waals surface area (Å²) in [5, 5.41) is 12.8. The van der Waals surface area contributed by atoms with Crippen LogP contribution < -0.4 is 5.32 Å². The van der Waals surface area contributed by atoms with E-state index >= 15 is 0 Å². The van der Waals surface area contributed by atoms with Crippen LogP contribution in [-0.4, -0.2) is 22.6 Å². The molecule has 1 heterocycles. The molecule has 0 unspecified atom stereocenters. The molecule has 0 aliphatic carbocycles. The van der Waals surface area contributed by atoms with Crippen LogP contribution >= 0.6 is 0 Å². The Morgan fingerprint density at radius 3 is 2.94 bits per heavy atom. The molecule has 0 bridgehead atoms. The fraction of sp³-hybridized carbons (Fsp3) is 0.231. The first-order chi connectivity index (χ1) is 8.27. The zero-order valence-corrected chi connectivity index (χ0v) is 9.39. The Labute approximate surface area is 99.3 Å². The van der Waals surface area contributed by atoms with Crippen molar-refractivity contribution in [2.75, 3.05) is 6.54 Å². The largest absolute Gasteiger partial charge is 0.481 e. The number of benzene rings is 1. The van der Waals surface area contributed by atoms with Crippen molar-refractivity contribution in [1.82, 2.24) is 10.3 Å². The minimum absolute atomic E-state index is 0.142. The molecule has 0 amide bonds. The predicted molar refractivity (Wildman–Crippen MR) is 65.7 cm³/mol. The lowest BCUT2D eigenvalue weighted by Gasteiger charge is -2.06. The SMILES string of the molecule is O=C(O)CCNCc1ccnc2ccccc12. The Hall–Kier alpha value is -1.94. The molecule has 17 heavy (non-hydrogen) atoms. The summed E-state index contributed by atoms with van der Waals surface area (Å²) in [6.45, 7) is 1.14. The Balaban J connectivity index is 2.05. The third kappa shape index (κ3) is 3.01. The molecule has 0 atom stereocenters. The molecule has 0 aliphatic rings. The van der Waals surface area contributed by atoms with Crippen LogP contribution in [0.1, 0.15) is 12.0 Å². The van der Waals surface area contributed by atoms with E-state index in [1.807, 2.05) is 30.3 Å². The van der Waals surface area contributed by atoms with Gasteiger partial charge in [0.05, 0.1) is 11.9 Å². The first kappa shape index (κ1) is 11.5. The molecule has 0 saturated carbocycles. The molecule has 0 fully saturated rings. The van der Waals surface area contributed by atoms with Gasteiger partial charge in [0.15, 0.2) is 0 Å². The number of pyridine rings is 1. The van der Waals surface area contributed by atoms with Crippen molar-refractivity contribution in [3.05, 3.63) is 42.1 Å². The Kier molecular flexibility index (Phi) is 3.67. The van der Waals surface area contributed by atoms with Crippen LogP contribution in [0.4, 0.5) is 0 Å². The second-order valence-electron chi connectivity index (χ2n) is 3.81. The van der Waals surface area contributed by atoms with Crippen molar-refractivity contribution >= 4 is 16.9 Å². The van der Waals surface area contributed by atoms with Crippen LogP contribution in [0.2, 0.25) is 0 Å². The van der Waals surface area contributed by atoms with Gasteiger partial charge >= 0.3 is 5.97 Å². The van der Waals surface area contributed by atoms with Gasteiger partial charge in [-0.2, -0.15) is 0 Å². The zero-order valence-electron chi connectivity index (χ0n) is 9.39. The second kappa shape index (κ2) is 5.41. The van der Waals surface area contributed by atoms with E-state index in [4.69, 9.17) is 5.11 Å². The summed E-state index contributed by atoms with van der Waals surface area (Å²) in [5.74, 6) is -0.780. The second-order valence-corrected chi connectivity index (χ2v) is 3.81. The fourth-order valence-corrected chi connectivity index (χ4v) is 1.73. The molecular weight excluding hydrogens is 216 g/mol. The van der Waals surface area contributed by atoms with Crippen molar-refractivity contribution in [3.8, 4) is 0 Å². The third-order valence-corrected chi connectivity index (χ3v) is 2.57. The number of fused-ring (bicyclic) bond motifs is 1. The van der Waals surface area contributed by atoms with Crippen molar-refractivity contribution in [2.24, 2.45) is 0 Å². The molecule has 0 radical (unpaired) electrons. The highest BCUT2D eigenvalue weighted by Gasteiger charge is 2.01. The van der Waals surface area contributed by atoms with Gasteiger partial charge in [-0.25, -0.2) is 0 Å². The van der Waals surface area contributed by atoms with Gasteiger partial charge < -0.3 is 10.4 Å². The van der Waals surface area contributed by atoms with Gasteiger partial charge in [-0.1, -0.05) is 18.2 Å². The molecule has 1 aromatic heterocycles. The maximum absolute atomic E-state index is 10.4. The number of aliphatic carboxylic acids is 1. The molecule has 1 aromatic carbocycles. The third-order valence-electron chi connectivity index (χ3n) is 2.57. The number of para-hydroxylation sites is 1. The highest BCUT2D eigenvalue weighted by molar-refractivity contribution is 5.81. The van der Waals surface area contributed by atoms with E-state index in [0.29, 0.717) is 13.1 Å². The summed E-state index contributed by atoms with van der Waals surface area (Å²) in [6.07, 6.45) is 1.92.